The monoisotopic (exact) mass is 498 g/mol. The van der Waals surface area contributed by atoms with Gasteiger partial charge in [0.05, 0.1) is 25.2 Å². The SMILES string of the molecule is CCNC(=NCC1(C(=O)N(C)C)CCCC1)NCCCCOCCOC.I. The molecule has 0 bridgehead atoms. The maximum absolute atomic E-state index is 12.6. The van der Waals surface area contributed by atoms with E-state index in [9.17, 15) is 4.79 Å². The lowest BCUT2D eigenvalue weighted by molar-refractivity contribution is -0.138. The van der Waals surface area contributed by atoms with Gasteiger partial charge in [0.15, 0.2) is 5.96 Å². The van der Waals surface area contributed by atoms with Gasteiger partial charge in [0, 0.05) is 40.9 Å². The molecule has 7 nitrogen and oxygen atoms in total. The van der Waals surface area contributed by atoms with Gasteiger partial charge in [0.25, 0.3) is 0 Å². The number of ether oxygens (including phenoxy) is 2. The number of amides is 1. The molecule has 1 fully saturated rings. The Hall–Kier alpha value is -0.610. The third kappa shape index (κ3) is 9.94. The molecule has 2 N–H and O–H groups in total. The van der Waals surface area contributed by atoms with E-state index in [0.29, 0.717) is 19.8 Å². The largest absolute Gasteiger partial charge is 0.382 e. The molecule has 1 rings (SSSR count). The van der Waals surface area contributed by atoms with E-state index < -0.39 is 0 Å². The number of halogens is 1. The number of aliphatic imine (C=N–C) groups is 1. The molecule has 0 atom stereocenters. The highest BCUT2D eigenvalue weighted by molar-refractivity contribution is 14.0. The van der Waals surface area contributed by atoms with E-state index in [1.807, 2.05) is 14.1 Å². The minimum absolute atomic E-state index is 0. The predicted octanol–water partition coefficient (Wildman–Crippen LogP) is 2.25. The summed E-state index contributed by atoms with van der Waals surface area (Å²) in [7, 11) is 5.35. The van der Waals surface area contributed by atoms with Crippen molar-refractivity contribution in [1.29, 1.82) is 0 Å². The number of carbonyl (C=O) groups excluding carboxylic acids is 1. The van der Waals surface area contributed by atoms with Crippen molar-refractivity contribution in [2.75, 3.05) is 60.7 Å². The smallest absolute Gasteiger partial charge is 0.230 e. The lowest BCUT2D eigenvalue weighted by Gasteiger charge is -2.29. The highest BCUT2D eigenvalue weighted by Crippen LogP contribution is 2.39. The number of nitrogens with one attached hydrogen (secondary N) is 2. The number of rotatable bonds is 12. The zero-order valence-electron chi connectivity index (χ0n) is 17.5. The average molecular weight is 498 g/mol. The van der Waals surface area contributed by atoms with Crippen molar-refractivity contribution in [2.24, 2.45) is 10.4 Å². The molecule has 8 heteroatoms. The molecule has 0 heterocycles. The first-order valence-corrected chi connectivity index (χ1v) is 9.86. The fourth-order valence-electron chi connectivity index (χ4n) is 3.32. The van der Waals surface area contributed by atoms with Crippen LogP contribution in [-0.2, 0) is 14.3 Å². The lowest BCUT2D eigenvalue weighted by atomic mass is 9.85. The average Bonchev–Trinajstić information content (AvgIpc) is 3.11. The summed E-state index contributed by atoms with van der Waals surface area (Å²) in [6, 6.07) is 0. The first-order valence-electron chi connectivity index (χ1n) is 9.86. The molecule has 0 aromatic rings. The van der Waals surface area contributed by atoms with Gasteiger partial charge in [-0.1, -0.05) is 12.8 Å². The van der Waals surface area contributed by atoms with E-state index in [1.54, 1.807) is 12.0 Å². The first kappa shape index (κ1) is 26.4. The molecule has 1 aliphatic carbocycles. The standard InChI is InChI=1S/C19H38N4O3.HI/c1-5-20-18(21-12-8-9-13-26-15-14-25-4)22-16-19(10-6-7-11-19)17(24)23(2)3;/h5-16H2,1-4H3,(H2,20,21,22);1H. The zero-order chi connectivity index (χ0) is 19.3. The molecule has 1 saturated carbocycles. The number of nitrogens with zero attached hydrogens (tertiary/aromatic N) is 2. The van der Waals surface area contributed by atoms with Crippen LogP contribution >= 0.6 is 24.0 Å². The Morgan fingerprint density at radius 1 is 1.11 bits per heavy atom. The molecule has 0 aliphatic heterocycles. The summed E-state index contributed by atoms with van der Waals surface area (Å²) < 4.78 is 10.4. The van der Waals surface area contributed by atoms with Gasteiger partial charge in [0.1, 0.15) is 0 Å². The van der Waals surface area contributed by atoms with Crippen molar-refractivity contribution in [2.45, 2.75) is 45.4 Å². The van der Waals surface area contributed by atoms with Crippen molar-refractivity contribution < 1.29 is 14.3 Å². The number of unbranched alkanes of at least 4 members (excludes halogenated alkanes) is 1. The van der Waals surface area contributed by atoms with E-state index in [0.717, 1.165) is 64.2 Å². The Kier molecular flexibility index (Phi) is 15.0. The van der Waals surface area contributed by atoms with Crippen LogP contribution in [0.2, 0.25) is 0 Å². The van der Waals surface area contributed by atoms with Gasteiger partial charge in [-0.05, 0) is 32.6 Å². The van der Waals surface area contributed by atoms with Gasteiger partial charge >= 0.3 is 0 Å². The molecule has 0 aromatic heterocycles. The summed E-state index contributed by atoms with van der Waals surface area (Å²) in [6.07, 6.45) is 6.11. The topological polar surface area (TPSA) is 75.2 Å². The summed E-state index contributed by atoms with van der Waals surface area (Å²) >= 11 is 0. The van der Waals surface area contributed by atoms with Crippen LogP contribution in [0.3, 0.4) is 0 Å². The van der Waals surface area contributed by atoms with Crippen molar-refractivity contribution in [1.82, 2.24) is 15.5 Å². The fraction of sp³-hybridized carbons (Fsp3) is 0.895. The third-order valence-electron chi connectivity index (χ3n) is 4.74. The Balaban J connectivity index is 0.00000676. The van der Waals surface area contributed by atoms with E-state index in [2.05, 4.69) is 17.6 Å². The highest BCUT2D eigenvalue weighted by atomic mass is 127. The number of methoxy groups -OCH3 is 1. The molecule has 27 heavy (non-hydrogen) atoms. The molecule has 1 aliphatic rings. The minimum Gasteiger partial charge on any atom is -0.382 e. The molecule has 1 amide bonds. The van der Waals surface area contributed by atoms with Crippen LogP contribution in [0.5, 0.6) is 0 Å². The Morgan fingerprint density at radius 3 is 2.41 bits per heavy atom. The van der Waals surface area contributed by atoms with Crippen molar-refractivity contribution in [3.63, 3.8) is 0 Å². The van der Waals surface area contributed by atoms with E-state index >= 15 is 0 Å². The molecule has 0 radical (unpaired) electrons. The van der Waals surface area contributed by atoms with Crippen LogP contribution in [0.25, 0.3) is 0 Å². The Labute approximate surface area is 182 Å². The van der Waals surface area contributed by atoms with E-state index in [-0.39, 0.29) is 35.3 Å². The van der Waals surface area contributed by atoms with Gasteiger partial charge in [-0.2, -0.15) is 0 Å². The van der Waals surface area contributed by atoms with Gasteiger partial charge in [-0.15, -0.1) is 24.0 Å². The number of hydrogen-bond donors (Lipinski definition) is 2. The number of guanidine groups is 1. The fourth-order valence-corrected chi connectivity index (χ4v) is 3.32. The molecular formula is C19H39IN4O3. The quantitative estimate of drug-likeness (QED) is 0.187. The maximum Gasteiger partial charge on any atom is 0.230 e. The van der Waals surface area contributed by atoms with Crippen LogP contribution in [0.1, 0.15) is 45.4 Å². The molecule has 0 saturated heterocycles. The van der Waals surface area contributed by atoms with Crippen LogP contribution < -0.4 is 10.6 Å². The second-order valence-corrected chi connectivity index (χ2v) is 7.12. The summed E-state index contributed by atoms with van der Waals surface area (Å²) in [4.78, 5) is 19.1. The van der Waals surface area contributed by atoms with E-state index in [4.69, 9.17) is 14.5 Å². The lowest BCUT2D eigenvalue weighted by Crippen LogP contribution is -2.43. The van der Waals surface area contributed by atoms with Crippen molar-refractivity contribution in [3.05, 3.63) is 0 Å². The van der Waals surface area contributed by atoms with Gasteiger partial charge in [-0.3, -0.25) is 9.79 Å². The van der Waals surface area contributed by atoms with E-state index in [1.165, 1.54) is 0 Å². The Bertz CT molecular complexity index is 427. The second-order valence-electron chi connectivity index (χ2n) is 7.12. The summed E-state index contributed by atoms with van der Waals surface area (Å²) in [5.41, 5.74) is -0.318. The molecular weight excluding hydrogens is 459 g/mol. The maximum atomic E-state index is 12.6. The second kappa shape index (κ2) is 15.3. The summed E-state index contributed by atoms with van der Waals surface area (Å²) in [5, 5.41) is 6.64. The van der Waals surface area contributed by atoms with Gasteiger partial charge < -0.3 is 25.0 Å². The molecule has 0 unspecified atom stereocenters. The zero-order valence-corrected chi connectivity index (χ0v) is 19.8. The van der Waals surface area contributed by atoms with Gasteiger partial charge in [-0.25, -0.2) is 0 Å². The highest BCUT2D eigenvalue weighted by Gasteiger charge is 2.41. The normalized spacial score (nSPS) is 15.9. The molecule has 160 valence electrons. The number of hydrogen-bond acceptors (Lipinski definition) is 4. The van der Waals surface area contributed by atoms with Crippen LogP contribution in [0, 0.1) is 5.41 Å². The van der Waals surface area contributed by atoms with Crippen LogP contribution in [0.15, 0.2) is 4.99 Å². The summed E-state index contributed by atoms with van der Waals surface area (Å²) in [6.45, 7) is 6.30. The minimum atomic E-state index is -0.318. The van der Waals surface area contributed by atoms with Crippen LogP contribution in [-0.4, -0.2) is 77.4 Å². The summed E-state index contributed by atoms with van der Waals surface area (Å²) in [5.74, 6) is 1.01. The molecule has 0 aromatic carbocycles. The Morgan fingerprint density at radius 2 is 1.81 bits per heavy atom. The first-order chi connectivity index (χ1) is 12.6. The number of carbonyl (C=O) groups is 1. The third-order valence-corrected chi connectivity index (χ3v) is 4.74. The predicted molar refractivity (Wildman–Crippen MR) is 121 cm³/mol. The van der Waals surface area contributed by atoms with Gasteiger partial charge in [0.2, 0.25) is 5.91 Å². The van der Waals surface area contributed by atoms with Crippen molar-refractivity contribution >= 4 is 35.8 Å². The molecule has 0 spiro atoms. The van der Waals surface area contributed by atoms with Crippen molar-refractivity contribution in [3.8, 4) is 0 Å². The van der Waals surface area contributed by atoms with Crippen LogP contribution in [0.4, 0.5) is 0 Å².